The van der Waals surface area contributed by atoms with Crippen molar-refractivity contribution in [2.24, 2.45) is 11.8 Å². The zero-order chi connectivity index (χ0) is 16.0. The summed E-state index contributed by atoms with van der Waals surface area (Å²) in [7, 11) is -3.78. The lowest BCUT2D eigenvalue weighted by Gasteiger charge is -2.15. The Morgan fingerprint density at radius 1 is 1.33 bits per heavy atom. The van der Waals surface area contributed by atoms with E-state index in [4.69, 9.17) is 5.84 Å². The van der Waals surface area contributed by atoms with Gasteiger partial charge < -0.3 is 5.43 Å². The number of nitro groups is 1. The molecule has 1 rings (SSSR count). The third-order valence-electron chi connectivity index (χ3n) is 3.34. The molecule has 0 amide bonds. The Morgan fingerprint density at radius 2 is 1.95 bits per heavy atom. The van der Waals surface area contributed by atoms with Crippen molar-refractivity contribution in [3.8, 4) is 0 Å². The van der Waals surface area contributed by atoms with Crippen molar-refractivity contribution >= 4 is 21.4 Å². The van der Waals surface area contributed by atoms with Crippen LogP contribution in [0.3, 0.4) is 0 Å². The van der Waals surface area contributed by atoms with Crippen LogP contribution in [0, 0.1) is 16.0 Å². The quantitative estimate of drug-likeness (QED) is 0.380. The van der Waals surface area contributed by atoms with Crippen LogP contribution in [0.15, 0.2) is 23.1 Å². The molecule has 9 heteroatoms. The van der Waals surface area contributed by atoms with Gasteiger partial charge in [-0.15, -0.1) is 0 Å². The second-order valence-corrected chi connectivity index (χ2v) is 6.35. The summed E-state index contributed by atoms with van der Waals surface area (Å²) in [5.41, 5.74) is 1.94. The van der Waals surface area contributed by atoms with Crippen LogP contribution in [0.4, 0.5) is 11.4 Å². The lowest BCUT2D eigenvalue weighted by Crippen LogP contribution is -2.30. The minimum Gasteiger partial charge on any atom is -0.323 e. The van der Waals surface area contributed by atoms with Crippen LogP contribution in [0.1, 0.15) is 26.7 Å². The fraction of sp³-hybridized carbons (Fsp3) is 0.500. The van der Waals surface area contributed by atoms with Crippen LogP contribution < -0.4 is 16.0 Å². The second kappa shape index (κ2) is 7.34. The lowest BCUT2D eigenvalue weighted by atomic mass is 10.0. The summed E-state index contributed by atoms with van der Waals surface area (Å²) < 4.78 is 27.0. The Hall–Kier alpha value is -1.71. The molecule has 0 aliphatic carbocycles. The maximum absolute atomic E-state index is 12.3. The first-order chi connectivity index (χ1) is 9.85. The van der Waals surface area contributed by atoms with Crippen molar-refractivity contribution in [1.82, 2.24) is 4.72 Å². The van der Waals surface area contributed by atoms with Gasteiger partial charge in [0.15, 0.2) is 0 Å². The summed E-state index contributed by atoms with van der Waals surface area (Å²) in [5.74, 6) is 5.50. The minimum absolute atomic E-state index is 0.0127. The maximum Gasteiger partial charge on any atom is 0.271 e. The number of hydrazine groups is 1. The Bertz CT molecular complexity index is 599. The van der Waals surface area contributed by atoms with Crippen LogP contribution in [-0.4, -0.2) is 19.9 Å². The number of nitrogens with two attached hydrogens (primary N) is 1. The molecule has 118 valence electrons. The van der Waals surface area contributed by atoms with Gasteiger partial charge in [0, 0.05) is 18.7 Å². The largest absolute Gasteiger partial charge is 0.323 e. The number of benzene rings is 1. The molecule has 1 aromatic carbocycles. The van der Waals surface area contributed by atoms with E-state index in [0.717, 1.165) is 25.0 Å². The standard InChI is InChI=1S/C12H20N4O4S/c1-3-9(4-2)8-14-21(19,20)12-6-5-10(16(17)18)7-11(12)15-13/h5-7,9,14-15H,3-4,8,13H2,1-2H3. The molecule has 0 heterocycles. The molecule has 0 unspecified atom stereocenters. The van der Waals surface area contributed by atoms with Gasteiger partial charge in [0.25, 0.3) is 5.69 Å². The molecule has 0 bridgehead atoms. The van der Waals surface area contributed by atoms with E-state index < -0.39 is 14.9 Å². The third-order valence-corrected chi connectivity index (χ3v) is 4.82. The van der Waals surface area contributed by atoms with Gasteiger partial charge in [-0.2, -0.15) is 0 Å². The topological polar surface area (TPSA) is 127 Å². The molecule has 0 saturated carbocycles. The number of non-ortho nitro benzene ring substituents is 1. The smallest absolute Gasteiger partial charge is 0.271 e. The summed E-state index contributed by atoms with van der Waals surface area (Å²) in [6.45, 7) is 4.29. The van der Waals surface area contributed by atoms with E-state index in [-0.39, 0.29) is 22.2 Å². The number of hydrogen-bond acceptors (Lipinski definition) is 6. The van der Waals surface area contributed by atoms with E-state index >= 15 is 0 Å². The summed E-state index contributed by atoms with van der Waals surface area (Å²) in [5, 5.41) is 10.7. The second-order valence-electron chi connectivity index (χ2n) is 4.62. The average molecular weight is 316 g/mol. The molecule has 1 aromatic rings. The number of hydrogen-bond donors (Lipinski definition) is 3. The fourth-order valence-corrected chi connectivity index (χ4v) is 3.13. The molecule has 0 aliphatic heterocycles. The number of nitro benzene ring substituents is 1. The number of anilines is 1. The first-order valence-corrected chi connectivity index (χ1v) is 8.08. The molecular formula is C12H20N4O4S. The summed E-state index contributed by atoms with van der Waals surface area (Å²) in [6.07, 6.45) is 1.72. The number of rotatable bonds is 8. The third kappa shape index (κ3) is 4.38. The molecule has 0 aliphatic rings. The predicted molar refractivity (Wildman–Crippen MR) is 80.2 cm³/mol. The van der Waals surface area contributed by atoms with Gasteiger partial charge in [0.2, 0.25) is 10.0 Å². The first kappa shape index (κ1) is 17.3. The van der Waals surface area contributed by atoms with Crippen molar-refractivity contribution in [2.45, 2.75) is 31.6 Å². The molecule has 8 nitrogen and oxygen atoms in total. The highest BCUT2D eigenvalue weighted by Crippen LogP contribution is 2.25. The van der Waals surface area contributed by atoms with Gasteiger partial charge in [0.05, 0.1) is 10.6 Å². The molecule has 0 radical (unpaired) electrons. The zero-order valence-corrected chi connectivity index (χ0v) is 12.8. The van der Waals surface area contributed by atoms with E-state index in [1.807, 2.05) is 13.8 Å². The van der Waals surface area contributed by atoms with Gasteiger partial charge >= 0.3 is 0 Å². The van der Waals surface area contributed by atoms with Gasteiger partial charge in [-0.1, -0.05) is 26.7 Å². The number of nitrogen functional groups attached to an aromatic ring is 1. The Labute approximate surface area is 123 Å². The van der Waals surface area contributed by atoms with Gasteiger partial charge in [-0.05, 0) is 12.0 Å². The van der Waals surface area contributed by atoms with E-state index in [9.17, 15) is 18.5 Å². The fourth-order valence-electron chi connectivity index (χ4n) is 1.86. The van der Waals surface area contributed by atoms with Gasteiger partial charge in [-0.25, -0.2) is 13.1 Å². The van der Waals surface area contributed by atoms with E-state index in [0.29, 0.717) is 6.54 Å². The number of sulfonamides is 1. The number of nitrogens with zero attached hydrogens (tertiary/aromatic N) is 1. The molecule has 0 spiro atoms. The normalized spacial score (nSPS) is 11.6. The first-order valence-electron chi connectivity index (χ1n) is 6.60. The van der Waals surface area contributed by atoms with Crippen LogP contribution in [0.2, 0.25) is 0 Å². The summed E-state index contributed by atoms with van der Waals surface area (Å²) in [4.78, 5) is 9.97. The number of nitrogens with one attached hydrogen (secondary N) is 2. The monoisotopic (exact) mass is 316 g/mol. The van der Waals surface area contributed by atoms with Crippen molar-refractivity contribution in [2.75, 3.05) is 12.0 Å². The van der Waals surface area contributed by atoms with Crippen molar-refractivity contribution in [1.29, 1.82) is 0 Å². The molecule has 0 atom stereocenters. The highest BCUT2D eigenvalue weighted by atomic mass is 32.2. The highest BCUT2D eigenvalue weighted by molar-refractivity contribution is 7.89. The van der Waals surface area contributed by atoms with Gasteiger partial charge in [0.1, 0.15) is 4.90 Å². The average Bonchev–Trinajstić information content (AvgIpc) is 2.47. The summed E-state index contributed by atoms with van der Waals surface area (Å²) >= 11 is 0. The SMILES string of the molecule is CCC(CC)CNS(=O)(=O)c1ccc([N+](=O)[O-])cc1NN. The Morgan fingerprint density at radius 3 is 2.43 bits per heavy atom. The Balaban J connectivity index is 3.05. The zero-order valence-electron chi connectivity index (χ0n) is 12.0. The lowest BCUT2D eigenvalue weighted by molar-refractivity contribution is -0.384. The molecule has 0 saturated heterocycles. The molecule has 0 aromatic heterocycles. The van der Waals surface area contributed by atoms with Crippen molar-refractivity contribution in [3.05, 3.63) is 28.3 Å². The predicted octanol–water partition coefficient (Wildman–Crippen LogP) is 1.59. The van der Waals surface area contributed by atoms with Crippen molar-refractivity contribution in [3.63, 3.8) is 0 Å². The van der Waals surface area contributed by atoms with E-state index in [1.165, 1.54) is 6.07 Å². The van der Waals surface area contributed by atoms with E-state index in [2.05, 4.69) is 10.1 Å². The van der Waals surface area contributed by atoms with Crippen molar-refractivity contribution < 1.29 is 13.3 Å². The van der Waals surface area contributed by atoms with Crippen LogP contribution in [0.25, 0.3) is 0 Å². The Kier molecular flexibility index (Phi) is 6.06. The van der Waals surface area contributed by atoms with Gasteiger partial charge in [-0.3, -0.25) is 16.0 Å². The summed E-state index contributed by atoms with van der Waals surface area (Å²) in [6, 6.07) is 3.39. The maximum atomic E-state index is 12.3. The van der Waals surface area contributed by atoms with Crippen LogP contribution in [0.5, 0.6) is 0 Å². The van der Waals surface area contributed by atoms with E-state index in [1.54, 1.807) is 0 Å². The van der Waals surface area contributed by atoms with Crippen LogP contribution in [-0.2, 0) is 10.0 Å². The minimum atomic E-state index is -3.78. The molecule has 4 N–H and O–H groups in total. The molecule has 21 heavy (non-hydrogen) atoms. The molecular weight excluding hydrogens is 296 g/mol. The molecule has 0 fully saturated rings. The highest BCUT2D eigenvalue weighted by Gasteiger charge is 2.21. The van der Waals surface area contributed by atoms with Crippen LogP contribution >= 0.6 is 0 Å².